The van der Waals surface area contributed by atoms with Crippen molar-refractivity contribution in [3.8, 4) is 5.75 Å². The summed E-state index contributed by atoms with van der Waals surface area (Å²) in [7, 11) is 0. The summed E-state index contributed by atoms with van der Waals surface area (Å²) >= 11 is 0. The molecule has 1 fully saturated rings. The molecule has 10 nitrogen and oxygen atoms in total. The number of nitro groups is 1. The van der Waals surface area contributed by atoms with Crippen LogP contribution in [-0.2, 0) is 9.59 Å². The highest BCUT2D eigenvalue weighted by molar-refractivity contribution is 6.15. The van der Waals surface area contributed by atoms with Gasteiger partial charge >= 0.3 is 12.0 Å². The molecule has 1 heterocycles. The third kappa shape index (κ3) is 2.85. The fourth-order valence-corrected chi connectivity index (χ4v) is 1.78. The lowest BCUT2D eigenvalue weighted by atomic mass is 10.1. The Balaban J connectivity index is 2.36. The number of benzene rings is 1. The van der Waals surface area contributed by atoms with Crippen molar-refractivity contribution in [3.05, 3.63) is 39.6 Å². The van der Waals surface area contributed by atoms with Gasteiger partial charge in [-0.25, -0.2) is 9.69 Å². The Morgan fingerprint density at radius 3 is 2.68 bits per heavy atom. The number of carbonyl (C=O) groups excluding carboxylic acids is 2. The third-order valence-corrected chi connectivity index (χ3v) is 2.78. The van der Waals surface area contributed by atoms with Gasteiger partial charge in [0.1, 0.15) is 18.0 Å². The maximum atomic E-state index is 11.9. The van der Waals surface area contributed by atoms with E-state index in [2.05, 4.69) is 5.32 Å². The lowest BCUT2D eigenvalue weighted by Gasteiger charge is -2.06. The summed E-state index contributed by atoms with van der Waals surface area (Å²) in [5.41, 5.74) is -0.666. The number of phenols is 1. The van der Waals surface area contributed by atoms with Gasteiger partial charge in [-0.05, 0) is 12.1 Å². The van der Waals surface area contributed by atoms with E-state index in [1.54, 1.807) is 0 Å². The van der Waals surface area contributed by atoms with Crippen LogP contribution >= 0.6 is 0 Å². The number of non-ortho nitro benzene ring substituents is 1. The third-order valence-electron chi connectivity index (χ3n) is 2.78. The van der Waals surface area contributed by atoms with Gasteiger partial charge in [-0.3, -0.25) is 19.7 Å². The van der Waals surface area contributed by atoms with E-state index < -0.39 is 29.4 Å². The Labute approximate surface area is 122 Å². The molecule has 0 unspecified atom stereocenters. The number of urea groups is 1. The maximum absolute atomic E-state index is 11.9. The molecule has 0 saturated carbocycles. The first-order valence-corrected chi connectivity index (χ1v) is 5.83. The van der Waals surface area contributed by atoms with Crippen LogP contribution in [0.5, 0.6) is 5.75 Å². The predicted octanol–water partition coefficient (Wildman–Crippen LogP) is 0.278. The fourth-order valence-electron chi connectivity index (χ4n) is 1.78. The molecule has 10 heteroatoms. The molecular weight excluding hydrogens is 298 g/mol. The molecule has 3 N–H and O–H groups in total. The maximum Gasteiger partial charge on any atom is 0.329 e. The second kappa shape index (κ2) is 5.52. The summed E-state index contributed by atoms with van der Waals surface area (Å²) in [6.07, 6.45) is 1.03. The average Bonchev–Trinajstić information content (AvgIpc) is 2.68. The second-order valence-corrected chi connectivity index (χ2v) is 4.27. The largest absolute Gasteiger partial charge is 0.507 e. The van der Waals surface area contributed by atoms with Crippen LogP contribution in [0.3, 0.4) is 0 Å². The number of amides is 3. The summed E-state index contributed by atoms with van der Waals surface area (Å²) in [6, 6.07) is 2.23. The minimum absolute atomic E-state index is 0.0602. The molecule has 22 heavy (non-hydrogen) atoms. The van der Waals surface area contributed by atoms with Gasteiger partial charge < -0.3 is 15.5 Å². The van der Waals surface area contributed by atoms with Crippen LogP contribution in [0, 0.1) is 10.1 Å². The van der Waals surface area contributed by atoms with E-state index in [4.69, 9.17) is 5.11 Å². The summed E-state index contributed by atoms with van der Waals surface area (Å²) in [5.74, 6) is -2.61. The summed E-state index contributed by atoms with van der Waals surface area (Å²) in [5, 5.41) is 31.1. The minimum Gasteiger partial charge on any atom is -0.507 e. The van der Waals surface area contributed by atoms with Gasteiger partial charge in [0.15, 0.2) is 0 Å². The highest BCUT2D eigenvalue weighted by atomic mass is 16.6. The van der Waals surface area contributed by atoms with Gasteiger partial charge in [0.2, 0.25) is 0 Å². The molecule has 114 valence electrons. The Hall–Kier alpha value is -3.43. The molecule has 1 aromatic rings. The highest BCUT2D eigenvalue weighted by Gasteiger charge is 2.35. The number of imide groups is 1. The van der Waals surface area contributed by atoms with Crippen molar-refractivity contribution in [2.75, 3.05) is 6.54 Å². The molecule has 0 bridgehead atoms. The number of nitrogens with one attached hydrogen (secondary N) is 1. The minimum atomic E-state index is -1.37. The van der Waals surface area contributed by atoms with Crippen LogP contribution in [0.2, 0.25) is 0 Å². The van der Waals surface area contributed by atoms with E-state index in [1.165, 1.54) is 0 Å². The normalized spacial score (nSPS) is 16.0. The Morgan fingerprint density at radius 2 is 2.09 bits per heavy atom. The van der Waals surface area contributed by atoms with Gasteiger partial charge in [-0.1, -0.05) is 0 Å². The lowest BCUT2D eigenvalue weighted by Crippen LogP contribution is -2.35. The zero-order valence-electron chi connectivity index (χ0n) is 10.8. The first kappa shape index (κ1) is 15.0. The van der Waals surface area contributed by atoms with Crippen molar-refractivity contribution >= 4 is 29.7 Å². The van der Waals surface area contributed by atoms with Gasteiger partial charge in [0.05, 0.1) is 4.92 Å². The molecule has 0 spiro atoms. The summed E-state index contributed by atoms with van der Waals surface area (Å²) in [6.45, 7) is -0.817. The van der Waals surface area contributed by atoms with E-state index >= 15 is 0 Å². The van der Waals surface area contributed by atoms with E-state index in [1.807, 2.05) is 0 Å². The molecule has 2 rings (SSSR count). The number of aliphatic carboxylic acids is 1. The van der Waals surface area contributed by atoms with E-state index in [0.29, 0.717) is 4.90 Å². The molecule has 1 aromatic carbocycles. The first-order valence-electron chi connectivity index (χ1n) is 5.83. The predicted molar refractivity (Wildman–Crippen MR) is 70.6 cm³/mol. The number of hydrogen-bond donors (Lipinski definition) is 3. The SMILES string of the molecule is O=C(O)CN1C(=O)N/C(=C/c2cc([N+](=O)[O-])ccc2O)C1=O. The molecule has 0 atom stereocenters. The topological polar surface area (TPSA) is 150 Å². The Morgan fingerprint density at radius 1 is 1.41 bits per heavy atom. The highest BCUT2D eigenvalue weighted by Crippen LogP contribution is 2.26. The van der Waals surface area contributed by atoms with Crippen LogP contribution < -0.4 is 5.32 Å². The number of nitrogens with zero attached hydrogens (tertiary/aromatic N) is 2. The monoisotopic (exact) mass is 307 g/mol. The zero-order valence-corrected chi connectivity index (χ0v) is 10.8. The number of carbonyl (C=O) groups is 3. The van der Waals surface area contributed by atoms with E-state index in [9.17, 15) is 29.6 Å². The number of aromatic hydroxyl groups is 1. The molecular formula is C12H9N3O7. The van der Waals surface area contributed by atoms with Crippen molar-refractivity contribution in [3.63, 3.8) is 0 Å². The quantitative estimate of drug-likeness (QED) is 0.313. The average molecular weight is 307 g/mol. The summed E-state index contributed by atoms with van der Waals surface area (Å²) < 4.78 is 0. The lowest BCUT2D eigenvalue weighted by molar-refractivity contribution is -0.384. The van der Waals surface area contributed by atoms with Crippen molar-refractivity contribution in [1.82, 2.24) is 10.2 Å². The number of nitro benzene ring substituents is 1. The van der Waals surface area contributed by atoms with Gasteiger partial charge in [0.25, 0.3) is 11.6 Å². The first-order chi connectivity index (χ1) is 10.3. The number of carboxylic acids is 1. The van der Waals surface area contributed by atoms with Gasteiger partial charge in [-0.15, -0.1) is 0 Å². The van der Waals surface area contributed by atoms with Crippen LogP contribution in [0.4, 0.5) is 10.5 Å². The molecule has 3 amide bonds. The molecule has 0 aliphatic carbocycles. The number of carboxylic acid groups (broad SMARTS) is 1. The van der Waals surface area contributed by atoms with Gasteiger partial charge in [0, 0.05) is 17.7 Å². The number of phenolic OH excluding ortho intramolecular Hbond substituents is 1. The molecule has 1 aliphatic heterocycles. The Bertz CT molecular complexity index is 725. The molecule has 0 radical (unpaired) electrons. The molecule has 0 aromatic heterocycles. The molecule has 1 saturated heterocycles. The zero-order chi connectivity index (χ0) is 16.4. The van der Waals surface area contributed by atoms with Crippen molar-refractivity contribution in [2.45, 2.75) is 0 Å². The molecule has 1 aliphatic rings. The fraction of sp³-hybridized carbons (Fsp3) is 0.0833. The number of hydrogen-bond acceptors (Lipinski definition) is 6. The van der Waals surface area contributed by atoms with Crippen molar-refractivity contribution in [2.24, 2.45) is 0 Å². The van der Waals surface area contributed by atoms with Crippen molar-refractivity contribution < 1.29 is 29.5 Å². The Kier molecular flexibility index (Phi) is 3.75. The van der Waals surface area contributed by atoms with Crippen molar-refractivity contribution in [1.29, 1.82) is 0 Å². The standard InChI is InChI=1S/C12H9N3O7/c16-9-2-1-7(15(21)22)3-6(9)4-8-11(19)14(5-10(17)18)12(20)13-8/h1-4,16H,5H2,(H,13,20)(H,17,18)/b8-4+. The van der Waals surface area contributed by atoms with Crippen LogP contribution in [0.15, 0.2) is 23.9 Å². The van der Waals surface area contributed by atoms with E-state index in [0.717, 1.165) is 24.3 Å². The van der Waals surface area contributed by atoms with E-state index in [-0.39, 0.29) is 22.7 Å². The second-order valence-electron chi connectivity index (χ2n) is 4.27. The van der Waals surface area contributed by atoms with Crippen LogP contribution in [0.1, 0.15) is 5.56 Å². The van der Waals surface area contributed by atoms with Gasteiger partial charge in [-0.2, -0.15) is 0 Å². The summed E-state index contributed by atoms with van der Waals surface area (Å²) in [4.78, 5) is 44.4. The number of rotatable bonds is 4. The smallest absolute Gasteiger partial charge is 0.329 e. The van der Waals surface area contributed by atoms with Crippen LogP contribution in [0.25, 0.3) is 6.08 Å². The van der Waals surface area contributed by atoms with Crippen LogP contribution in [-0.4, -0.2) is 44.5 Å².